The van der Waals surface area contributed by atoms with Crippen LogP contribution >= 0.6 is 0 Å². The van der Waals surface area contributed by atoms with E-state index in [0.29, 0.717) is 0 Å². The zero-order valence-electron chi connectivity index (χ0n) is 12.2. The van der Waals surface area contributed by atoms with Crippen molar-refractivity contribution in [3.05, 3.63) is 0 Å². The Morgan fingerprint density at radius 2 is 1.41 bits per heavy atom. The second kappa shape index (κ2) is 8.93. The van der Waals surface area contributed by atoms with Gasteiger partial charge in [-0.3, -0.25) is 0 Å². The van der Waals surface area contributed by atoms with Gasteiger partial charge in [-0.2, -0.15) is 0 Å². The van der Waals surface area contributed by atoms with Gasteiger partial charge in [-0.15, -0.1) is 0 Å². The first-order valence-electron chi connectivity index (χ1n) is 7.74. The molecule has 0 N–H and O–H groups in total. The van der Waals surface area contributed by atoms with Crippen molar-refractivity contribution in [2.24, 2.45) is 5.92 Å². The normalized spacial score (nSPS) is 16.1. The second-order valence-corrected chi connectivity index (χ2v) is 5.53. The van der Waals surface area contributed by atoms with Gasteiger partial charge in [0.25, 0.3) is 0 Å². The summed E-state index contributed by atoms with van der Waals surface area (Å²) in [6.07, 6.45) is 6.91. The predicted octanol–water partition coefficient (Wildman–Crippen LogP) is 3.23. The molecule has 2 nitrogen and oxygen atoms in total. The van der Waals surface area contributed by atoms with Gasteiger partial charge >= 0.3 is 0 Å². The van der Waals surface area contributed by atoms with E-state index in [-0.39, 0.29) is 0 Å². The number of hydrogen-bond donors (Lipinski definition) is 0. The molecule has 2 heteroatoms. The summed E-state index contributed by atoms with van der Waals surface area (Å²) in [5.41, 5.74) is 0. The monoisotopic (exact) mass is 240 g/mol. The molecular formula is C15H32N2. The van der Waals surface area contributed by atoms with Gasteiger partial charge in [-0.1, -0.05) is 20.8 Å². The van der Waals surface area contributed by atoms with E-state index in [0.717, 1.165) is 5.92 Å². The highest BCUT2D eigenvalue weighted by Crippen LogP contribution is 2.29. The molecule has 0 saturated heterocycles. The van der Waals surface area contributed by atoms with E-state index in [1.807, 2.05) is 0 Å². The summed E-state index contributed by atoms with van der Waals surface area (Å²) in [6, 6.07) is 0. The Balaban J connectivity index is 2.11. The maximum absolute atomic E-state index is 2.69. The molecule has 0 aromatic carbocycles. The Hall–Kier alpha value is -0.0800. The quantitative estimate of drug-likeness (QED) is 0.547. The van der Waals surface area contributed by atoms with Crippen LogP contribution in [-0.4, -0.2) is 49.1 Å². The SMILES string of the molecule is CCCN(CC)CCCN(CCC)CC1CC1. The van der Waals surface area contributed by atoms with Crippen molar-refractivity contribution in [1.29, 1.82) is 0 Å². The number of hydrogen-bond acceptors (Lipinski definition) is 2. The van der Waals surface area contributed by atoms with E-state index >= 15 is 0 Å². The Bertz CT molecular complexity index is 178. The summed E-state index contributed by atoms with van der Waals surface area (Å²) in [6.45, 7) is 14.6. The maximum Gasteiger partial charge on any atom is 0.000967 e. The maximum atomic E-state index is 2.69. The molecule has 0 spiro atoms. The molecule has 0 aromatic heterocycles. The molecule has 1 aliphatic rings. The van der Waals surface area contributed by atoms with Crippen LogP contribution in [0, 0.1) is 5.92 Å². The molecule has 0 unspecified atom stereocenters. The molecular weight excluding hydrogens is 208 g/mol. The highest BCUT2D eigenvalue weighted by atomic mass is 15.1. The van der Waals surface area contributed by atoms with Gasteiger partial charge in [-0.05, 0) is 70.7 Å². The van der Waals surface area contributed by atoms with E-state index in [1.165, 1.54) is 71.4 Å². The van der Waals surface area contributed by atoms with Crippen molar-refractivity contribution in [2.45, 2.75) is 52.9 Å². The van der Waals surface area contributed by atoms with E-state index in [4.69, 9.17) is 0 Å². The molecule has 1 aliphatic carbocycles. The zero-order chi connectivity index (χ0) is 12.5. The average molecular weight is 240 g/mol. The summed E-state index contributed by atoms with van der Waals surface area (Å²) < 4.78 is 0. The minimum atomic E-state index is 1.04. The van der Waals surface area contributed by atoms with Crippen LogP contribution in [0.4, 0.5) is 0 Å². The fourth-order valence-electron chi connectivity index (χ4n) is 2.54. The Morgan fingerprint density at radius 3 is 1.94 bits per heavy atom. The molecule has 102 valence electrons. The highest BCUT2D eigenvalue weighted by Gasteiger charge is 2.23. The Labute approximate surface area is 108 Å². The first kappa shape index (κ1) is 15.0. The Morgan fingerprint density at radius 1 is 0.824 bits per heavy atom. The van der Waals surface area contributed by atoms with Crippen LogP contribution in [-0.2, 0) is 0 Å². The van der Waals surface area contributed by atoms with Gasteiger partial charge in [0, 0.05) is 6.54 Å². The molecule has 0 bridgehead atoms. The summed E-state index contributed by atoms with van der Waals surface area (Å²) in [5.74, 6) is 1.04. The van der Waals surface area contributed by atoms with Gasteiger partial charge in [0.15, 0.2) is 0 Å². The number of rotatable bonds is 11. The highest BCUT2D eigenvalue weighted by molar-refractivity contribution is 4.77. The minimum Gasteiger partial charge on any atom is -0.304 e. The lowest BCUT2D eigenvalue weighted by molar-refractivity contribution is 0.226. The molecule has 17 heavy (non-hydrogen) atoms. The Kier molecular flexibility index (Phi) is 7.87. The van der Waals surface area contributed by atoms with Crippen LogP contribution < -0.4 is 0 Å². The minimum absolute atomic E-state index is 1.04. The lowest BCUT2D eigenvalue weighted by Crippen LogP contribution is -2.32. The summed E-state index contributed by atoms with van der Waals surface area (Å²) >= 11 is 0. The summed E-state index contributed by atoms with van der Waals surface area (Å²) in [7, 11) is 0. The van der Waals surface area contributed by atoms with Gasteiger partial charge in [0.1, 0.15) is 0 Å². The van der Waals surface area contributed by atoms with Crippen molar-refractivity contribution >= 4 is 0 Å². The summed E-state index contributed by atoms with van der Waals surface area (Å²) in [4.78, 5) is 5.28. The van der Waals surface area contributed by atoms with E-state index in [1.54, 1.807) is 0 Å². The van der Waals surface area contributed by atoms with Gasteiger partial charge in [0.2, 0.25) is 0 Å². The lowest BCUT2D eigenvalue weighted by Gasteiger charge is -2.24. The van der Waals surface area contributed by atoms with Crippen molar-refractivity contribution in [3.8, 4) is 0 Å². The standard InChI is InChI=1S/C15H32N2/c1-4-10-16(6-3)12-7-13-17(11-5-2)14-15-8-9-15/h15H,4-14H2,1-3H3. The molecule has 1 saturated carbocycles. The third kappa shape index (κ3) is 7.05. The van der Waals surface area contributed by atoms with E-state index in [9.17, 15) is 0 Å². The third-order valence-electron chi connectivity index (χ3n) is 3.69. The van der Waals surface area contributed by atoms with Crippen molar-refractivity contribution in [1.82, 2.24) is 9.80 Å². The van der Waals surface area contributed by atoms with Crippen molar-refractivity contribution in [3.63, 3.8) is 0 Å². The first-order chi connectivity index (χ1) is 8.30. The molecule has 0 aliphatic heterocycles. The molecule has 0 heterocycles. The van der Waals surface area contributed by atoms with E-state index < -0.39 is 0 Å². The molecule has 0 radical (unpaired) electrons. The third-order valence-corrected chi connectivity index (χ3v) is 3.69. The molecule has 0 atom stereocenters. The average Bonchev–Trinajstić information content (AvgIpc) is 3.12. The molecule has 1 rings (SSSR count). The van der Waals surface area contributed by atoms with Gasteiger partial charge in [-0.25, -0.2) is 0 Å². The van der Waals surface area contributed by atoms with Crippen LogP contribution in [0.15, 0.2) is 0 Å². The topological polar surface area (TPSA) is 6.48 Å². The lowest BCUT2D eigenvalue weighted by atomic mass is 10.2. The van der Waals surface area contributed by atoms with Crippen LogP contribution in [0.3, 0.4) is 0 Å². The molecule has 1 fully saturated rings. The molecule has 0 aromatic rings. The zero-order valence-corrected chi connectivity index (χ0v) is 12.2. The fourth-order valence-corrected chi connectivity index (χ4v) is 2.54. The van der Waals surface area contributed by atoms with Crippen molar-refractivity contribution < 1.29 is 0 Å². The predicted molar refractivity (Wildman–Crippen MR) is 76.5 cm³/mol. The van der Waals surface area contributed by atoms with Crippen molar-refractivity contribution in [2.75, 3.05) is 39.3 Å². The summed E-state index contributed by atoms with van der Waals surface area (Å²) in [5, 5.41) is 0. The van der Waals surface area contributed by atoms with Crippen LogP contribution in [0.2, 0.25) is 0 Å². The fraction of sp³-hybridized carbons (Fsp3) is 1.00. The van der Waals surface area contributed by atoms with Gasteiger partial charge in [0.05, 0.1) is 0 Å². The second-order valence-electron chi connectivity index (χ2n) is 5.53. The van der Waals surface area contributed by atoms with Crippen LogP contribution in [0.1, 0.15) is 52.9 Å². The molecule has 0 amide bonds. The van der Waals surface area contributed by atoms with Gasteiger partial charge < -0.3 is 9.80 Å². The first-order valence-corrected chi connectivity index (χ1v) is 7.74. The number of nitrogens with zero attached hydrogens (tertiary/aromatic N) is 2. The largest absolute Gasteiger partial charge is 0.304 e. The van der Waals surface area contributed by atoms with E-state index in [2.05, 4.69) is 30.6 Å². The van der Waals surface area contributed by atoms with Crippen LogP contribution in [0.5, 0.6) is 0 Å². The van der Waals surface area contributed by atoms with Crippen LogP contribution in [0.25, 0.3) is 0 Å². The smallest absolute Gasteiger partial charge is 0.000967 e.